The first-order valence-electron chi connectivity index (χ1n) is 14.9. The molecular formula is C31H28I2. The van der Waals surface area contributed by atoms with E-state index in [1.165, 1.54) is 53.3 Å². The first kappa shape index (κ1) is 15.6. The molecule has 4 bridgehead atoms. The van der Waals surface area contributed by atoms with E-state index >= 15 is 0 Å². The van der Waals surface area contributed by atoms with E-state index in [4.69, 9.17) is 0 Å². The van der Waals surface area contributed by atoms with Crippen molar-refractivity contribution in [3.05, 3.63) is 12.7 Å². The predicted octanol–water partition coefficient (Wildman–Crippen LogP) is 6.19. The highest BCUT2D eigenvalue weighted by Crippen LogP contribution is 3.44. The van der Waals surface area contributed by atoms with Crippen molar-refractivity contribution in [3.8, 4) is 0 Å². The third-order valence-electron chi connectivity index (χ3n) is 21.8. The van der Waals surface area contributed by atoms with Crippen molar-refractivity contribution < 1.29 is 0 Å². The van der Waals surface area contributed by atoms with E-state index < -0.39 is 0 Å². The zero-order valence-electron chi connectivity index (χ0n) is 19.0. The van der Waals surface area contributed by atoms with E-state index in [1.54, 1.807) is 32.1 Å². The molecule has 0 radical (unpaired) electrons. The molecule has 17 fully saturated rings. The van der Waals surface area contributed by atoms with Gasteiger partial charge in [0.1, 0.15) is 0 Å². The van der Waals surface area contributed by atoms with E-state index in [0.29, 0.717) is 1.43 Å². The molecule has 0 nitrogen and oxygen atoms in total. The average molecular weight is 654 g/mol. The molecule has 0 N–H and O–H groups in total. The van der Waals surface area contributed by atoms with Crippen molar-refractivity contribution >= 4 is 45.2 Å². The summed E-state index contributed by atoms with van der Waals surface area (Å²) in [6, 6.07) is 0. The Labute approximate surface area is 221 Å². The minimum Gasteiger partial charge on any atom is -0.103 e. The van der Waals surface area contributed by atoms with Crippen molar-refractivity contribution in [1.29, 1.82) is 0 Å². The van der Waals surface area contributed by atoms with Crippen molar-refractivity contribution in [2.45, 2.75) is 40.5 Å². The van der Waals surface area contributed by atoms with Crippen molar-refractivity contribution in [2.75, 3.05) is 0 Å². The van der Waals surface area contributed by atoms with Crippen LogP contribution < -0.4 is 0 Å². The highest BCUT2D eigenvalue weighted by Gasteiger charge is 3.42. The molecular weight excluding hydrogens is 626 g/mol. The smallest absolute Gasteiger partial charge is 0.0833 e. The predicted molar refractivity (Wildman–Crippen MR) is 136 cm³/mol. The highest BCUT2D eigenvalue weighted by molar-refractivity contribution is 14.2. The van der Waals surface area contributed by atoms with Crippen molar-refractivity contribution in [2.24, 2.45) is 125 Å². The van der Waals surface area contributed by atoms with Gasteiger partial charge in [0.25, 0.3) is 0 Å². The van der Waals surface area contributed by atoms with Crippen LogP contribution in [0.4, 0.5) is 0 Å². The molecule has 21 unspecified atom stereocenters. The van der Waals surface area contributed by atoms with Crippen LogP contribution in [0.5, 0.6) is 0 Å². The number of fused-ring (bicyclic) bond motifs is 4. The number of allylic oxidation sites excluding steroid dienone is 1. The second kappa shape index (κ2) is 2.89. The van der Waals surface area contributed by atoms with Crippen molar-refractivity contribution in [3.63, 3.8) is 0 Å². The molecule has 17 rings (SSSR count). The maximum Gasteiger partial charge on any atom is 0.0833 e. The maximum atomic E-state index is 4.52. The molecule has 10 spiro atoms. The number of alkyl halides is 2. The Hall–Kier alpha value is 1.20. The largest absolute Gasteiger partial charge is 0.103 e. The van der Waals surface area contributed by atoms with Gasteiger partial charge in [0.2, 0.25) is 0 Å². The van der Waals surface area contributed by atoms with Gasteiger partial charge in [-0.2, -0.15) is 0 Å². The van der Waals surface area contributed by atoms with Crippen LogP contribution in [0.15, 0.2) is 12.7 Å². The second-order valence-corrected chi connectivity index (χ2v) is 23.3. The molecule has 33 heavy (non-hydrogen) atoms. The summed E-state index contributed by atoms with van der Waals surface area (Å²) in [6.07, 6.45) is 11.1. The van der Waals surface area contributed by atoms with Crippen LogP contribution in [0.2, 0.25) is 0 Å². The van der Waals surface area contributed by atoms with Crippen LogP contribution in [0, 0.1) is 125 Å². The SMILES string of the molecule is C=CC1CC2C3C4C5CC6C7C8C9CC%10C%11C(C)C(I)(I)C%11%12C%109C89C%128CC3%10CC12[C@@]41C65C79C%1081. The summed E-state index contributed by atoms with van der Waals surface area (Å²) < 4.78 is 0.600. The average Bonchev–Trinajstić information content (AvgIpc) is 3.15. The van der Waals surface area contributed by atoms with E-state index in [9.17, 15) is 0 Å². The molecule has 0 saturated heterocycles. The Kier molecular flexibility index (Phi) is 1.36. The number of hydrogen-bond acceptors (Lipinski definition) is 0. The zero-order chi connectivity index (χ0) is 20.7. The topological polar surface area (TPSA) is 0 Å². The third kappa shape index (κ3) is 0.525. The van der Waals surface area contributed by atoms with Gasteiger partial charge >= 0.3 is 0 Å². The van der Waals surface area contributed by atoms with Crippen LogP contribution in [0.1, 0.15) is 39.0 Å². The standard InChI is InChI=1S/C31H28I2/c1-3-10-4-11-17-18-13-6-15-20-19-14-5-12-16-9(2)30(32,33)28(16)23-8-21(17)7-22(10,11)26(18)24(13,15)29(20,31(21,23)26)27(19,23)25(12,14)28/h3,9-20H,1,4-8H2,2H3/t9?,10?,11?,12?,13?,14?,15?,16?,17?,18?,19?,20?,21?,22?,23?,24?,25?,26-,27?,28?,29?,31?/m1/s1. The lowest BCUT2D eigenvalue weighted by atomic mass is 8.67. The molecule has 17 aliphatic rings. The van der Waals surface area contributed by atoms with Gasteiger partial charge in [-0.1, -0.05) is 58.2 Å². The first-order chi connectivity index (χ1) is 15.9. The lowest BCUT2D eigenvalue weighted by Gasteiger charge is -3.36. The van der Waals surface area contributed by atoms with Gasteiger partial charge in [0.15, 0.2) is 0 Å². The van der Waals surface area contributed by atoms with E-state index in [1.807, 2.05) is 0 Å². The molecule has 2 heteroatoms. The summed E-state index contributed by atoms with van der Waals surface area (Å²) in [5.41, 5.74) is 9.09. The van der Waals surface area contributed by atoms with E-state index in [0.717, 1.165) is 71.9 Å². The summed E-state index contributed by atoms with van der Waals surface area (Å²) in [7, 11) is 0. The fourth-order valence-corrected chi connectivity index (χ4v) is 28.7. The second-order valence-electron chi connectivity index (χ2n) is 17.8. The van der Waals surface area contributed by atoms with Gasteiger partial charge in [-0.05, 0) is 152 Å². The third-order valence-corrected chi connectivity index (χ3v) is 25.4. The summed E-state index contributed by atoms with van der Waals surface area (Å²) in [5.74, 6) is 14.3. The fraction of sp³-hybridized carbons (Fsp3) is 0.935. The molecule has 0 amide bonds. The minimum atomic E-state index is 0.600. The van der Waals surface area contributed by atoms with E-state index in [-0.39, 0.29) is 0 Å². The van der Waals surface area contributed by atoms with Gasteiger partial charge in [-0.15, -0.1) is 6.58 Å². The van der Waals surface area contributed by atoms with Gasteiger partial charge in [0, 0.05) is 5.41 Å². The lowest BCUT2D eigenvalue weighted by Crippen LogP contribution is -3.34. The fourth-order valence-electron chi connectivity index (χ4n) is 25.4. The number of hydrogen-bond donors (Lipinski definition) is 0. The first-order valence-corrected chi connectivity index (χ1v) is 17.1. The molecule has 17 saturated carbocycles. The monoisotopic (exact) mass is 654 g/mol. The Bertz CT molecular complexity index is 1500. The zero-order valence-corrected chi connectivity index (χ0v) is 23.3. The minimum absolute atomic E-state index is 0.600. The molecule has 0 heterocycles. The quantitative estimate of drug-likeness (QED) is 0.180. The van der Waals surface area contributed by atoms with Crippen LogP contribution in [0.25, 0.3) is 0 Å². The Morgan fingerprint density at radius 1 is 0.727 bits per heavy atom. The van der Waals surface area contributed by atoms with Crippen LogP contribution in [-0.4, -0.2) is 1.43 Å². The van der Waals surface area contributed by atoms with Crippen LogP contribution >= 0.6 is 45.2 Å². The Morgan fingerprint density at radius 3 is 2.15 bits per heavy atom. The highest BCUT2D eigenvalue weighted by atomic mass is 127. The molecule has 0 aromatic rings. The normalized spacial score (nSPS) is 105. The lowest BCUT2D eigenvalue weighted by molar-refractivity contribution is -0.900. The summed E-state index contributed by atoms with van der Waals surface area (Å²) in [6.45, 7) is 7.23. The van der Waals surface area contributed by atoms with Gasteiger partial charge in [-0.25, -0.2) is 0 Å². The molecule has 0 aromatic carbocycles. The van der Waals surface area contributed by atoms with Gasteiger partial charge in [-0.3, -0.25) is 0 Å². The summed E-state index contributed by atoms with van der Waals surface area (Å²) in [5, 5.41) is 0. The maximum absolute atomic E-state index is 4.52. The number of halogens is 2. The number of rotatable bonds is 1. The molecule has 17 aliphatic carbocycles. The van der Waals surface area contributed by atoms with Gasteiger partial charge in [0.05, 0.1) is 1.43 Å². The van der Waals surface area contributed by atoms with E-state index in [2.05, 4.69) is 64.8 Å². The Morgan fingerprint density at radius 2 is 1.39 bits per heavy atom. The molecule has 166 valence electrons. The molecule has 22 atom stereocenters. The molecule has 0 aliphatic heterocycles. The van der Waals surface area contributed by atoms with Crippen molar-refractivity contribution in [1.82, 2.24) is 0 Å². The Balaban J connectivity index is 1.12. The van der Waals surface area contributed by atoms with Crippen LogP contribution in [0.3, 0.4) is 0 Å². The summed E-state index contributed by atoms with van der Waals surface area (Å²) >= 11 is 6.22. The molecule has 0 aromatic heterocycles. The van der Waals surface area contributed by atoms with Crippen LogP contribution in [-0.2, 0) is 0 Å². The van der Waals surface area contributed by atoms with Gasteiger partial charge < -0.3 is 0 Å². The summed E-state index contributed by atoms with van der Waals surface area (Å²) in [4.78, 5) is 0.